The molecule has 1 aliphatic rings. The summed E-state index contributed by atoms with van der Waals surface area (Å²) in [7, 11) is 0. The van der Waals surface area contributed by atoms with Crippen molar-refractivity contribution in [3.05, 3.63) is 65.2 Å². The van der Waals surface area contributed by atoms with Gasteiger partial charge in [0.2, 0.25) is 0 Å². The van der Waals surface area contributed by atoms with E-state index < -0.39 is 6.10 Å². The van der Waals surface area contributed by atoms with E-state index in [0.717, 1.165) is 37.2 Å². The average Bonchev–Trinajstić information content (AvgIpc) is 2.64. The minimum atomic E-state index is -0.453. The molecule has 4 heteroatoms. The number of likely N-dealkylation sites (tertiary alicyclic amines) is 1. The predicted octanol–water partition coefficient (Wildman–Crippen LogP) is 3.44. The summed E-state index contributed by atoms with van der Waals surface area (Å²) in [4.78, 5) is 2.29. The first kappa shape index (κ1) is 17.5. The van der Waals surface area contributed by atoms with Crippen molar-refractivity contribution >= 4 is 0 Å². The molecule has 1 N–H and O–H groups in total. The second kappa shape index (κ2) is 8.15. The number of β-amino-alcohol motifs (C(OH)–C–C–N with tert-alkyl or cyclic N) is 1. The van der Waals surface area contributed by atoms with E-state index in [4.69, 9.17) is 10.00 Å². The maximum absolute atomic E-state index is 10.4. The first-order chi connectivity index (χ1) is 12.1. The van der Waals surface area contributed by atoms with E-state index in [-0.39, 0.29) is 6.10 Å². The van der Waals surface area contributed by atoms with E-state index >= 15 is 0 Å². The summed E-state index contributed by atoms with van der Waals surface area (Å²) in [6.07, 6.45) is 1.57. The zero-order valence-corrected chi connectivity index (χ0v) is 14.6. The smallest absolute Gasteiger partial charge is 0.121 e. The van der Waals surface area contributed by atoms with Gasteiger partial charge in [-0.15, -0.1) is 0 Å². The molecule has 0 bridgehead atoms. The van der Waals surface area contributed by atoms with Crippen LogP contribution in [-0.4, -0.2) is 35.7 Å². The van der Waals surface area contributed by atoms with Crippen molar-refractivity contribution in [3.8, 4) is 11.8 Å². The molecule has 0 aliphatic carbocycles. The zero-order chi connectivity index (χ0) is 17.6. The standard InChI is InChI=1S/C21H24N2O2/c1-16-5-7-18(8-6-16)21(24)15-23-11-9-19(10-12-23)25-20-4-2-3-17(13-20)14-22/h2-8,13,19,21,24H,9-12,15H2,1H3. The van der Waals surface area contributed by atoms with Gasteiger partial charge in [-0.25, -0.2) is 0 Å². The van der Waals surface area contributed by atoms with Gasteiger partial charge in [-0.3, -0.25) is 0 Å². The number of nitriles is 1. The van der Waals surface area contributed by atoms with Crippen LogP contribution in [0.1, 0.15) is 35.6 Å². The van der Waals surface area contributed by atoms with Crippen LogP contribution in [0.15, 0.2) is 48.5 Å². The summed E-state index contributed by atoms with van der Waals surface area (Å²) in [5, 5.41) is 19.4. The van der Waals surface area contributed by atoms with E-state index in [1.807, 2.05) is 43.3 Å². The number of aryl methyl sites for hydroxylation is 1. The third-order valence-electron chi connectivity index (χ3n) is 4.69. The largest absolute Gasteiger partial charge is 0.490 e. The number of benzene rings is 2. The molecular weight excluding hydrogens is 312 g/mol. The van der Waals surface area contributed by atoms with Gasteiger partial charge in [0.1, 0.15) is 11.9 Å². The summed E-state index contributed by atoms with van der Waals surface area (Å²) in [5.41, 5.74) is 2.79. The molecule has 1 saturated heterocycles. The second-order valence-electron chi connectivity index (χ2n) is 6.68. The minimum absolute atomic E-state index is 0.168. The van der Waals surface area contributed by atoms with Crippen LogP contribution in [0.3, 0.4) is 0 Å². The molecule has 0 radical (unpaired) electrons. The normalized spacial score (nSPS) is 17.0. The molecule has 0 aromatic heterocycles. The molecule has 1 unspecified atom stereocenters. The van der Waals surface area contributed by atoms with Gasteiger partial charge in [-0.2, -0.15) is 5.26 Å². The molecule has 0 spiro atoms. The Labute approximate surface area is 149 Å². The number of aliphatic hydroxyl groups is 1. The Bertz CT molecular complexity index is 728. The van der Waals surface area contributed by atoms with Gasteiger partial charge in [-0.05, 0) is 43.5 Å². The van der Waals surface area contributed by atoms with Gasteiger partial charge in [0.15, 0.2) is 0 Å². The first-order valence-corrected chi connectivity index (χ1v) is 8.78. The average molecular weight is 336 g/mol. The highest BCUT2D eigenvalue weighted by atomic mass is 16.5. The Kier molecular flexibility index (Phi) is 5.70. The summed E-state index contributed by atoms with van der Waals surface area (Å²) in [6.45, 7) is 4.52. The Balaban J connectivity index is 1.48. The third-order valence-corrected chi connectivity index (χ3v) is 4.69. The number of nitrogens with zero attached hydrogens (tertiary/aromatic N) is 2. The Hall–Kier alpha value is -2.35. The van der Waals surface area contributed by atoms with Gasteiger partial charge in [-0.1, -0.05) is 35.9 Å². The van der Waals surface area contributed by atoms with Gasteiger partial charge < -0.3 is 14.7 Å². The van der Waals surface area contributed by atoms with E-state index in [0.29, 0.717) is 12.1 Å². The van der Waals surface area contributed by atoms with Gasteiger partial charge in [0.05, 0.1) is 17.7 Å². The van der Waals surface area contributed by atoms with Crippen LogP contribution < -0.4 is 4.74 Å². The van der Waals surface area contributed by atoms with Crippen molar-refractivity contribution in [2.75, 3.05) is 19.6 Å². The second-order valence-corrected chi connectivity index (χ2v) is 6.68. The highest BCUT2D eigenvalue weighted by Crippen LogP contribution is 2.22. The van der Waals surface area contributed by atoms with Gasteiger partial charge >= 0.3 is 0 Å². The van der Waals surface area contributed by atoms with Crippen LogP contribution in [-0.2, 0) is 0 Å². The van der Waals surface area contributed by atoms with Crippen molar-refractivity contribution < 1.29 is 9.84 Å². The van der Waals surface area contributed by atoms with Crippen LogP contribution in [0.25, 0.3) is 0 Å². The molecule has 0 saturated carbocycles. The minimum Gasteiger partial charge on any atom is -0.490 e. The highest BCUT2D eigenvalue weighted by Gasteiger charge is 2.22. The highest BCUT2D eigenvalue weighted by molar-refractivity contribution is 5.36. The van der Waals surface area contributed by atoms with E-state index in [2.05, 4.69) is 11.0 Å². The zero-order valence-electron chi connectivity index (χ0n) is 14.6. The lowest BCUT2D eigenvalue weighted by Gasteiger charge is -2.33. The van der Waals surface area contributed by atoms with Crippen molar-refractivity contribution in [2.45, 2.75) is 32.0 Å². The van der Waals surface area contributed by atoms with Gasteiger partial charge in [0.25, 0.3) is 0 Å². The van der Waals surface area contributed by atoms with Crippen LogP contribution in [0, 0.1) is 18.3 Å². The topological polar surface area (TPSA) is 56.5 Å². The molecular formula is C21H24N2O2. The van der Waals surface area contributed by atoms with Crippen molar-refractivity contribution in [1.29, 1.82) is 5.26 Å². The Morgan fingerprint density at radius 2 is 1.92 bits per heavy atom. The molecule has 2 aromatic carbocycles. The summed E-state index contributed by atoms with van der Waals surface area (Å²) in [5.74, 6) is 0.761. The Morgan fingerprint density at radius 1 is 1.20 bits per heavy atom. The lowest BCUT2D eigenvalue weighted by atomic mass is 10.0. The molecule has 2 aromatic rings. The van der Waals surface area contributed by atoms with Crippen molar-refractivity contribution in [2.24, 2.45) is 0 Å². The fraction of sp³-hybridized carbons (Fsp3) is 0.381. The Morgan fingerprint density at radius 3 is 2.60 bits per heavy atom. The number of hydrogen-bond acceptors (Lipinski definition) is 4. The SMILES string of the molecule is Cc1ccc(C(O)CN2CCC(Oc3cccc(C#N)c3)CC2)cc1. The fourth-order valence-electron chi connectivity index (χ4n) is 3.18. The molecule has 25 heavy (non-hydrogen) atoms. The molecule has 1 heterocycles. The molecule has 1 fully saturated rings. The molecule has 1 aliphatic heterocycles. The number of rotatable bonds is 5. The maximum atomic E-state index is 10.4. The number of aliphatic hydroxyl groups excluding tert-OH is 1. The van der Waals surface area contributed by atoms with Crippen LogP contribution in [0.2, 0.25) is 0 Å². The summed E-state index contributed by atoms with van der Waals surface area (Å²) in [6, 6.07) is 17.5. The van der Waals surface area contributed by atoms with E-state index in [1.165, 1.54) is 5.56 Å². The summed E-state index contributed by atoms with van der Waals surface area (Å²) >= 11 is 0. The number of piperidine rings is 1. The van der Waals surface area contributed by atoms with Crippen molar-refractivity contribution in [1.82, 2.24) is 4.90 Å². The maximum Gasteiger partial charge on any atom is 0.121 e. The lowest BCUT2D eigenvalue weighted by molar-refractivity contribution is 0.0610. The number of ether oxygens (including phenoxy) is 1. The van der Waals surface area contributed by atoms with Crippen molar-refractivity contribution in [3.63, 3.8) is 0 Å². The van der Waals surface area contributed by atoms with Crippen LogP contribution >= 0.6 is 0 Å². The predicted molar refractivity (Wildman–Crippen MR) is 97.4 cm³/mol. The lowest BCUT2D eigenvalue weighted by Crippen LogP contribution is -2.40. The molecule has 4 nitrogen and oxygen atoms in total. The van der Waals surface area contributed by atoms with E-state index in [1.54, 1.807) is 12.1 Å². The molecule has 130 valence electrons. The third kappa shape index (κ3) is 4.82. The van der Waals surface area contributed by atoms with Gasteiger partial charge in [0, 0.05) is 19.6 Å². The summed E-state index contributed by atoms with van der Waals surface area (Å²) < 4.78 is 6.01. The number of hydrogen-bond donors (Lipinski definition) is 1. The first-order valence-electron chi connectivity index (χ1n) is 8.78. The molecule has 3 rings (SSSR count). The van der Waals surface area contributed by atoms with E-state index in [9.17, 15) is 5.11 Å². The van der Waals surface area contributed by atoms with Crippen LogP contribution in [0.4, 0.5) is 0 Å². The monoisotopic (exact) mass is 336 g/mol. The molecule has 0 amide bonds. The molecule has 1 atom stereocenters. The quantitative estimate of drug-likeness (QED) is 0.909. The fourth-order valence-corrected chi connectivity index (χ4v) is 3.18. The van der Waals surface area contributed by atoms with Crippen LogP contribution in [0.5, 0.6) is 5.75 Å².